The molecule has 1 aromatic carbocycles. The highest BCUT2D eigenvalue weighted by molar-refractivity contribution is 7.16. The Balaban J connectivity index is 1.44. The molecule has 1 saturated heterocycles. The number of fused-ring (bicyclic) bond motifs is 1. The number of thiophene rings is 1. The van der Waals surface area contributed by atoms with Crippen LogP contribution in [-0.2, 0) is 11.0 Å². The second-order valence-electron chi connectivity index (χ2n) is 8.21. The van der Waals surface area contributed by atoms with E-state index >= 15 is 0 Å². The molecule has 6 nitrogen and oxygen atoms in total. The van der Waals surface area contributed by atoms with Crippen molar-refractivity contribution in [1.82, 2.24) is 14.9 Å². The number of hydrogen-bond acceptors (Lipinski definition) is 6. The number of nitrogens with one attached hydrogen (secondary N) is 1. The van der Waals surface area contributed by atoms with Crippen LogP contribution in [0.25, 0.3) is 10.2 Å². The van der Waals surface area contributed by atoms with E-state index in [4.69, 9.17) is 11.6 Å². The summed E-state index contributed by atoms with van der Waals surface area (Å²) in [5.74, 6) is 0.661. The number of hydrogen-bond donors (Lipinski definition) is 1. The van der Waals surface area contributed by atoms with Crippen molar-refractivity contribution >= 4 is 50.6 Å². The molecule has 3 aromatic rings. The van der Waals surface area contributed by atoms with Crippen molar-refractivity contribution in [1.29, 1.82) is 0 Å². The molecule has 0 unspecified atom stereocenters. The van der Waals surface area contributed by atoms with Crippen LogP contribution in [0.2, 0.25) is 5.02 Å². The summed E-state index contributed by atoms with van der Waals surface area (Å²) in [4.78, 5) is 26.9. The summed E-state index contributed by atoms with van der Waals surface area (Å²) in [6, 6.07) is 4.49. The monoisotopic (exact) mass is 497 g/mol. The van der Waals surface area contributed by atoms with Gasteiger partial charge >= 0.3 is 6.18 Å². The summed E-state index contributed by atoms with van der Waals surface area (Å²) >= 11 is 7.65. The van der Waals surface area contributed by atoms with Gasteiger partial charge in [0.1, 0.15) is 23.0 Å². The maximum absolute atomic E-state index is 13.3. The maximum Gasteiger partial charge on any atom is 0.416 e. The number of halogens is 4. The van der Waals surface area contributed by atoms with E-state index in [2.05, 4.69) is 20.2 Å². The van der Waals surface area contributed by atoms with Gasteiger partial charge in [-0.05, 0) is 35.6 Å². The largest absolute Gasteiger partial charge is 0.416 e. The minimum atomic E-state index is -4.48. The third-order valence-corrected chi connectivity index (χ3v) is 6.81. The summed E-state index contributed by atoms with van der Waals surface area (Å²) < 4.78 is 38.8. The lowest BCUT2D eigenvalue weighted by atomic mass is 10.0. The van der Waals surface area contributed by atoms with E-state index in [1.165, 1.54) is 6.07 Å². The van der Waals surface area contributed by atoms with Gasteiger partial charge in [0.2, 0.25) is 5.91 Å². The Hall–Kier alpha value is -2.59. The molecule has 33 heavy (non-hydrogen) atoms. The molecule has 11 heteroatoms. The first kappa shape index (κ1) is 23.6. The predicted molar refractivity (Wildman–Crippen MR) is 125 cm³/mol. The molecular weight excluding hydrogens is 475 g/mol. The average molecular weight is 498 g/mol. The Kier molecular flexibility index (Phi) is 6.67. The molecule has 1 N–H and O–H groups in total. The van der Waals surface area contributed by atoms with Crippen molar-refractivity contribution in [2.75, 3.05) is 36.4 Å². The van der Waals surface area contributed by atoms with E-state index in [0.29, 0.717) is 31.9 Å². The van der Waals surface area contributed by atoms with Crippen molar-refractivity contribution in [3.63, 3.8) is 0 Å². The highest BCUT2D eigenvalue weighted by Gasteiger charge is 2.33. The van der Waals surface area contributed by atoms with Crippen LogP contribution in [0.5, 0.6) is 0 Å². The molecule has 0 bridgehead atoms. The van der Waals surface area contributed by atoms with Crippen LogP contribution in [-0.4, -0.2) is 53.0 Å². The first-order chi connectivity index (χ1) is 15.6. The van der Waals surface area contributed by atoms with Gasteiger partial charge in [-0.1, -0.05) is 25.4 Å². The van der Waals surface area contributed by atoms with Gasteiger partial charge in [0.25, 0.3) is 0 Å². The van der Waals surface area contributed by atoms with Gasteiger partial charge in [0.15, 0.2) is 0 Å². The number of aromatic nitrogens is 2. The maximum atomic E-state index is 13.3. The van der Waals surface area contributed by atoms with E-state index in [-0.39, 0.29) is 16.8 Å². The second-order valence-corrected chi connectivity index (χ2v) is 9.51. The zero-order chi connectivity index (χ0) is 23.8. The lowest BCUT2D eigenvalue weighted by Crippen LogP contribution is -2.54. The summed E-state index contributed by atoms with van der Waals surface area (Å²) in [6.45, 7) is 6.05. The number of alkyl halides is 3. The topological polar surface area (TPSA) is 61.4 Å². The molecule has 0 saturated carbocycles. The van der Waals surface area contributed by atoms with E-state index in [9.17, 15) is 18.0 Å². The van der Waals surface area contributed by atoms with Gasteiger partial charge in [-0.2, -0.15) is 13.2 Å². The van der Waals surface area contributed by atoms with Crippen LogP contribution in [0.3, 0.4) is 0 Å². The van der Waals surface area contributed by atoms with E-state index < -0.39 is 17.8 Å². The Morgan fingerprint density at radius 3 is 2.52 bits per heavy atom. The second kappa shape index (κ2) is 9.34. The molecular formula is C22H23ClF3N5OS. The van der Waals surface area contributed by atoms with Crippen molar-refractivity contribution in [3.05, 3.63) is 46.6 Å². The quantitative estimate of drug-likeness (QED) is 0.528. The SMILES string of the molecule is CC(C)[C@H](Nc1ccc(C(F)(F)F)cc1Cl)C(=O)N1CCN(c2ncnc3sccc23)CC1. The van der Waals surface area contributed by atoms with E-state index in [1.807, 2.05) is 25.3 Å². The first-order valence-corrected chi connectivity index (χ1v) is 11.8. The van der Waals surface area contributed by atoms with Crippen molar-refractivity contribution < 1.29 is 18.0 Å². The van der Waals surface area contributed by atoms with Gasteiger partial charge in [0.05, 0.1) is 21.7 Å². The van der Waals surface area contributed by atoms with Crippen LogP contribution in [0.1, 0.15) is 19.4 Å². The Labute approximate surface area is 198 Å². The number of anilines is 2. The van der Waals surface area contributed by atoms with Crippen LogP contribution < -0.4 is 10.2 Å². The van der Waals surface area contributed by atoms with Gasteiger partial charge in [0, 0.05) is 26.2 Å². The lowest BCUT2D eigenvalue weighted by Gasteiger charge is -2.38. The molecule has 1 atom stereocenters. The van der Waals surface area contributed by atoms with Gasteiger partial charge in [-0.15, -0.1) is 11.3 Å². The first-order valence-electron chi connectivity index (χ1n) is 10.5. The Morgan fingerprint density at radius 2 is 1.88 bits per heavy atom. The molecule has 176 valence electrons. The van der Waals surface area contributed by atoms with Crippen LogP contribution in [0, 0.1) is 5.92 Å². The van der Waals surface area contributed by atoms with E-state index in [1.54, 1.807) is 22.6 Å². The number of benzene rings is 1. The summed E-state index contributed by atoms with van der Waals surface area (Å²) in [7, 11) is 0. The molecule has 3 heterocycles. The average Bonchev–Trinajstić information content (AvgIpc) is 3.26. The molecule has 0 radical (unpaired) electrons. The molecule has 1 amide bonds. The minimum Gasteiger partial charge on any atom is -0.372 e. The van der Waals surface area contributed by atoms with Crippen molar-refractivity contribution in [3.8, 4) is 0 Å². The van der Waals surface area contributed by atoms with Gasteiger partial charge < -0.3 is 15.1 Å². The highest BCUT2D eigenvalue weighted by atomic mass is 35.5. The number of nitrogens with zero attached hydrogens (tertiary/aromatic N) is 4. The number of rotatable bonds is 5. The lowest BCUT2D eigenvalue weighted by molar-refractivity contribution is -0.137. The molecule has 1 aliphatic rings. The molecule has 4 rings (SSSR count). The molecule has 2 aromatic heterocycles. The third kappa shape index (κ3) is 5.01. The molecule has 1 aliphatic heterocycles. The number of carbonyl (C=O) groups excluding carboxylic acids is 1. The number of amides is 1. The number of piperazine rings is 1. The van der Waals surface area contributed by atoms with Crippen molar-refractivity contribution in [2.45, 2.75) is 26.1 Å². The zero-order valence-electron chi connectivity index (χ0n) is 18.1. The Bertz CT molecular complexity index is 1140. The van der Waals surface area contributed by atoms with Crippen LogP contribution in [0.15, 0.2) is 36.0 Å². The number of carbonyl (C=O) groups is 1. The van der Waals surface area contributed by atoms with Crippen LogP contribution in [0.4, 0.5) is 24.7 Å². The summed E-state index contributed by atoms with van der Waals surface area (Å²) in [5.41, 5.74) is -0.526. The fraction of sp³-hybridized carbons (Fsp3) is 0.409. The van der Waals surface area contributed by atoms with Crippen LogP contribution >= 0.6 is 22.9 Å². The third-order valence-electron chi connectivity index (χ3n) is 5.67. The van der Waals surface area contributed by atoms with Gasteiger partial charge in [-0.3, -0.25) is 4.79 Å². The molecule has 0 aliphatic carbocycles. The Morgan fingerprint density at radius 1 is 1.15 bits per heavy atom. The summed E-state index contributed by atoms with van der Waals surface area (Å²) in [6.07, 6.45) is -2.93. The fourth-order valence-corrected chi connectivity index (χ4v) is 4.82. The zero-order valence-corrected chi connectivity index (χ0v) is 19.6. The van der Waals surface area contributed by atoms with Crippen molar-refractivity contribution in [2.24, 2.45) is 5.92 Å². The molecule has 1 fully saturated rings. The van der Waals surface area contributed by atoms with Gasteiger partial charge in [-0.25, -0.2) is 9.97 Å². The predicted octanol–water partition coefficient (Wildman–Crippen LogP) is 5.15. The highest BCUT2D eigenvalue weighted by Crippen LogP contribution is 2.34. The fourth-order valence-electron chi connectivity index (χ4n) is 3.85. The summed E-state index contributed by atoms with van der Waals surface area (Å²) in [5, 5.41) is 5.97. The van der Waals surface area contributed by atoms with E-state index in [0.717, 1.165) is 28.2 Å². The smallest absolute Gasteiger partial charge is 0.372 e. The standard InChI is InChI=1S/C22H23ClF3N5OS/c1-13(2)18(29-17-4-3-14(11-16(17)23)22(24,25)26)21(32)31-8-6-30(7-9-31)19-15-5-10-33-20(15)28-12-27-19/h3-5,10-13,18,29H,6-9H2,1-2H3/t18-/m0/s1. The minimum absolute atomic E-state index is 0.0726. The normalized spacial score (nSPS) is 15.8. The molecule has 0 spiro atoms.